The molecule has 2 rings (SSSR count). The molecule has 0 amide bonds. The van der Waals surface area contributed by atoms with Crippen molar-refractivity contribution in [2.45, 2.75) is 0 Å². The van der Waals surface area contributed by atoms with E-state index in [1.807, 2.05) is 0 Å². The third-order valence-corrected chi connectivity index (χ3v) is 3.05. The van der Waals surface area contributed by atoms with Crippen molar-refractivity contribution < 1.29 is 19.1 Å². The number of benzene rings is 1. The normalized spacial score (nSPS) is 10.5. The average molecular weight is 332 g/mol. The molecule has 24 heavy (non-hydrogen) atoms. The van der Waals surface area contributed by atoms with Gasteiger partial charge in [0.15, 0.2) is 11.5 Å². The van der Waals surface area contributed by atoms with E-state index in [1.54, 1.807) is 12.1 Å². The van der Waals surface area contributed by atoms with Crippen molar-refractivity contribution in [3.05, 3.63) is 46.1 Å². The largest absolute Gasteiger partial charge is 0.493 e. The van der Waals surface area contributed by atoms with Gasteiger partial charge in [-0.25, -0.2) is 4.98 Å². The van der Waals surface area contributed by atoms with Gasteiger partial charge in [0.1, 0.15) is 0 Å². The summed E-state index contributed by atoms with van der Waals surface area (Å²) in [5, 5.41) is 14.9. The van der Waals surface area contributed by atoms with E-state index in [9.17, 15) is 10.1 Å². The molecule has 1 heterocycles. The van der Waals surface area contributed by atoms with Crippen LogP contribution in [0.15, 0.2) is 35.6 Å². The molecule has 9 heteroatoms. The number of anilines is 1. The summed E-state index contributed by atoms with van der Waals surface area (Å²) in [5.41, 5.74) is 3.03. The maximum atomic E-state index is 10.9. The lowest BCUT2D eigenvalue weighted by Gasteiger charge is -2.12. The Bertz CT molecular complexity index is 738. The van der Waals surface area contributed by atoms with Crippen LogP contribution in [0.1, 0.15) is 5.56 Å². The van der Waals surface area contributed by atoms with Gasteiger partial charge in [-0.1, -0.05) is 0 Å². The highest BCUT2D eigenvalue weighted by atomic mass is 16.6. The zero-order valence-electron chi connectivity index (χ0n) is 13.3. The molecule has 1 aromatic carbocycles. The maximum absolute atomic E-state index is 10.9. The van der Waals surface area contributed by atoms with Crippen molar-refractivity contribution in [2.24, 2.45) is 5.10 Å². The van der Waals surface area contributed by atoms with Crippen LogP contribution in [0.5, 0.6) is 17.2 Å². The topological polar surface area (TPSA) is 108 Å². The molecule has 0 bridgehead atoms. The molecule has 9 nitrogen and oxygen atoms in total. The first-order valence-corrected chi connectivity index (χ1v) is 6.79. The summed E-state index contributed by atoms with van der Waals surface area (Å²) in [4.78, 5) is 14.3. The molecular weight excluding hydrogens is 316 g/mol. The van der Waals surface area contributed by atoms with Gasteiger partial charge in [0.25, 0.3) is 0 Å². The van der Waals surface area contributed by atoms with Crippen LogP contribution < -0.4 is 19.6 Å². The SMILES string of the molecule is COc1cc(/C=N\Nc2ncccc2[N+](=O)[O-])cc(OC)c1OC. The van der Waals surface area contributed by atoms with E-state index in [0.717, 1.165) is 0 Å². The monoisotopic (exact) mass is 332 g/mol. The Labute approximate surface area is 138 Å². The van der Waals surface area contributed by atoms with Crippen LogP contribution in [-0.2, 0) is 0 Å². The molecule has 0 radical (unpaired) electrons. The van der Waals surface area contributed by atoms with E-state index >= 15 is 0 Å². The average Bonchev–Trinajstić information content (AvgIpc) is 2.61. The highest BCUT2D eigenvalue weighted by Gasteiger charge is 2.14. The lowest BCUT2D eigenvalue weighted by molar-refractivity contribution is -0.384. The minimum Gasteiger partial charge on any atom is -0.493 e. The fraction of sp³-hybridized carbons (Fsp3) is 0.200. The Morgan fingerprint density at radius 3 is 2.42 bits per heavy atom. The zero-order chi connectivity index (χ0) is 17.5. The van der Waals surface area contributed by atoms with Crippen molar-refractivity contribution in [1.29, 1.82) is 0 Å². The van der Waals surface area contributed by atoms with Gasteiger partial charge in [-0.3, -0.25) is 15.5 Å². The predicted molar refractivity (Wildman–Crippen MR) is 88.2 cm³/mol. The van der Waals surface area contributed by atoms with Gasteiger partial charge in [-0.15, -0.1) is 0 Å². The molecule has 0 saturated carbocycles. The summed E-state index contributed by atoms with van der Waals surface area (Å²) >= 11 is 0. The first-order valence-electron chi connectivity index (χ1n) is 6.79. The number of ether oxygens (including phenoxy) is 3. The van der Waals surface area contributed by atoms with Crippen LogP contribution in [-0.4, -0.2) is 37.5 Å². The molecule has 126 valence electrons. The second-order valence-corrected chi connectivity index (χ2v) is 4.46. The third-order valence-electron chi connectivity index (χ3n) is 3.05. The number of rotatable bonds is 7. The van der Waals surface area contributed by atoms with Crippen LogP contribution in [0, 0.1) is 10.1 Å². The third kappa shape index (κ3) is 3.69. The highest BCUT2D eigenvalue weighted by Crippen LogP contribution is 2.37. The number of hydrogen-bond acceptors (Lipinski definition) is 8. The first kappa shape index (κ1) is 17.0. The Hall–Kier alpha value is -3.36. The van der Waals surface area contributed by atoms with Gasteiger partial charge in [0.2, 0.25) is 11.6 Å². The minimum atomic E-state index is -0.537. The number of hydrazone groups is 1. The second kappa shape index (κ2) is 7.77. The predicted octanol–water partition coefficient (Wildman–Crippen LogP) is 2.46. The number of nitrogens with zero attached hydrogens (tertiary/aromatic N) is 3. The van der Waals surface area contributed by atoms with Gasteiger partial charge in [0.05, 0.1) is 32.5 Å². The summed E-state index contributed by atoms with van der Waals surface area (Å²) < 4.78 is 15.7. The van der Waals surface area contributed by atoms with E-state index in [2.05, 4.69) is 15.5 Å². The Balaban J connectivity index is 2.25. The van der Waals surface area contributed by atoms with Crippen LogP contribution in [0.2, 0.25) is 0 Å². The number of methoxy groups -OCH3 is 3. The lowest BCUT2D eigenvalue weighted by atomic mass is 10.2. The number of hydrogen-bond donors (Lipinski definition) is 1. The van der Waals surface area contributed by atoms with Crippen LogP contribution in [0.4, 0.5) is 11.5 Å². The van der Waals surface area contributed by atoms with Gasteiger partial charge in [-0.05, 0) is 18.2 Å². The molecule has 0 aliphatic heterocycles. The molecular formula is C15H16N4O5. The first-order chi connectivity index (χ1) is 11.6. The molecule has 0 spiro atoms. The highest BCUT2D eigenvalue weighted by molar-refractivity contribution is 5.83. The molecule has 1 aromatic heterocycles. The Morgan fingerprint density at radius 1 is 1.21 bits per heavy atom. The van der Waals surface area contributed by atoms with Gasteiger partial charge >= 0.3 is 5.69 Å². The fourth-order valence-corrected chi connectivity index (χ4v) is 1.97. The Morgan fingerprint density at radius 2 is 1.88 bits per heavy atom. The Kier molecular flexibility index (Phi) is 5.50. The maximum Gasteiger partial charge on any atom is 0.313 e. The van der Waals surface area contributed by atoms with E-state index in [0.29, 0.717) is 22.8 Å². The van der Waals surface area contributed by atoms with Crippen molar-refractivity contribution in [2.75, 3.05) is 26.8 Å². The summed E-state index contributed by atoms with van der Waals surface area (Å²) in [6, 6.07) is 6.20. The quantitative estimate of drug-likeness (QED) is 0.471. The number of nitrogens with one attached hydrogen (secondary N) is 1. The van der Waals surface area contributed by atoms with E-state index in [1.165, 1.54) is 45.9 Å². The van der Waals surface area contributed by atoms with Gasteiger partial charge in [0, 0.05) is 17.8 Å². The smallest absolute Gasteiger partial charge is 0.313 e. The fourth-order valence-electron chi connectivity index (χ4n) is 1.97. The minimum absolute atomic E-state index is 0.0474. The molecule has 2 aromatic rings. The standard InChI is InChI=1S/C15H16N4O5/c1-22-12-7-10(8-13(23-2)14(12)24-3)9-17-18-15-11(19(20)21)5-4-6-16-15/h4-9H,1-3H3,(H,16,18)/b17-9-. The summed E-state index contributed by atoms with van der Waals surface area (Å²) in [5.74, 6) is 1.46. The van der Waals surface area contributed by atoms with Crippen molar-refractivity contribution in [3.8, 4) is 17.2 Å². The van der Waals surface area contributed by atoms with E-state index in [4.69, 9.17) is 14.2 Å². The van der Waals surface area contributed by atoms with Crippen molar-refractivity contribution in [1.82, 2.24) is 4.98 Å². The van der Waals surface area contributed by atoms with Gasteiger partial charge in [-0.2, -0.15) is 5.10 Å². The zero-order valence-corrected chi connectivity index (χ0v) is 13.3. The molecule has 0 aliphatic rings. The lowest BCUT2D eigenvalue weighted by Crippen LogP contribution is -2.00. The molecule has 0 fully saturated rings. The summed E-state index contributed by atoms with van der Waals surface area (Å²) in [6.45, 7) is 0. The molecule has 1 N–H and O–H groups in total. The molecule has 0 unspecified atom stereocenters. The van der Waals surface area contributed by atoms with Crippen molar-refractivity contribution >= 4 is 17.7 Å². The van der Waals surface area contributed by atoms with Gasteiger partial charge < -0.3 is 14.2 Å². The van der Waals surface area contributed by atoms with E-state index in [-0.39, 0.29) is 11.5 Å². The van der Waals surface area contributed by atoms with Crippen molar-refractivity contribution in [3.63, 3.8) is 0 Å². The summed E-state index contributed by atoms with van der Waals surface area (Å²) in [6.07, 6.45) is 2.90. The number of pyridine rings is 1. The van der Waals surface area contributed by atoms with Crippen LogP contribution in [0.25, 0.3) is 0 Å². The molecule has 0 aliphatic carbocycles. The summed E-state index contributed by atoms with van der Waals surface area (Å²) in [7, 11) is 4.53. The molecule has 0 atom stereocenters. The second-order valence-electron chi connectivity index (χ2n) is 4.46. The number of nitro groups is 1. The van der Waals surface area contributed by atoms with E-state index < -0.39 is 4.92 Å². The molecule has 0 saturated heterocycles. The number of aromatic nitrogens is 1. The van der Waals surface area contributed by atoms with Crippen LogP contribution >= 0.6 is 0 Å². The van der Waals surface area contributed by atoms with Crippen LogP contribution in [0.3, 0.4) is 0 Å².